The van der Waals surface area contributed by atoms with Crippen molar-refractivity contribution < 1.29 is 4.74 Å². The molecule has 0 fully saturated rings. The van der Waals surface area contributed by atoms with Crippen LogP contribution in [0.25, 0.3) is 16.9 Å². The molecule has 0 aliphatic rings. The number of benzene rings is 1. The van der Waals surface area contributed by atoms with Gasteiger partial charge in [-0.3, -0.25) is 5.10 Å². The van der Waals surface area contributed by atoms with Crippen LogP contribution in [0.5, 0.6) is 5.75 Å². The topological polar surface area (TPSA) is 42.3 Å². The summed E-state index contributed by atoms with van der Waals surface area (Å²) < 4.78 is 7.88. The van der Waals surface area contributed by atoms with Crippen molar-refractivity contribution >= 4 is 17.9 Å². The molecule has 3 aromatic rings. The largest absolute Gasteiger partial charge is 0.496 e. The second-order valence-electron chi connectivity index (χ2n) is 4.30. The van der Waals surface area contributed by atoms with Crippen LogP contribution in [0, 0.1) is 11.6 Å². The van der Waals surface area contributed by atoms with Gasteiger partial charge in [0.25, 0.3) is 0 Å². The van der Waals surface area contributed by atoms with Crippen molar-refractivity contribution in [3.05, 3.63) is 46.7 Å². The summed E-state index contributed by atoms with van der Waals surface area (Å²) in [4.78, 5) is 4.46. The van der Waals surface area contributed by atoms with Gasteiger partial charge in [0.05, 0.1) is 12.8 Å². The van der Waals surface area contributed by atoms with Gasteiger partial charge in [0.15, 0.2) is 5.65 Å². The van der Waals surface area contributed by atoms with E-state index >= 15 is 0 Å². The van der Waals surface area contributed by atoms with Gasteiger partial charge in [0, 0.05) is 17.3 Å². The van der Waals surface area contributed by atoms with Crippen molar-refractivity contribution in [1.82, 2.24) is 14.6 Å². The number of nitrogens with zero attached hydrogens (tertiary/aromatic N) is 2. The number of hydrogen-bond acceptors (Lipinski definition) is 3. The summed E-state index contributed by atoms with van der Waals surface area (Å²) in [6.45, 7) is 1.94. The van der Waals surface area contributed by atoms with Gasteiger partial charge in [0.1, 0.15) is 10.4 Å². The lowest BCUT2D eigenvalue weighted by Gasteiger charge is -2.05. The Hall–Kier alpha value is -2.14. The molecule has 96 valence electrons. The lowest BCUT2D eigenvalue weighted by Crippen LogP contribution is -1.93. The zero-order chi connectivity index (χ0) is 13.4. The highest BCUT2D eigenvalue weighted by atomic mass is 32.1. The van der Waals surface area contributed by atoms with Crippen LogP contribution in [-0.4, -0.2) is 21.7 Å². The zero-order valence-electron chi connectivity index (χ0n) is 10.7. The third-order valence-corrected chi connectivity index (χ3v) is 3.28. The summed E-state index contributed by atoms with van der Waals surface area (Å²) in [5, 5.41) is 3.25. The molecule has 1 N–H and O–H groups in total. The summed E-state index contributed by atoms with van der Waals surface area (Å²) >= 11 is 5.33. The van der Waals surface area contributed by atoms with Crippen molar-refractivity contribution in [3.8, 4) is 17.0 Å². The average molecular weight is 271 g/mol. The van der Waals surface area contributed by atoms with Crippen molar-refractivity contribution in [3.63, 3.8) is 0 Å². The molecule has 0 saturated carbocycles. The fourth-order valence-corrected chi connectivity index (χ4v) is 2.42. The Labute approximate surface area is 115 Å². The minimum Gasteiger partial charge on any atom is -0.496 e. The van der Waals surface area contributed by atoms with E-state index in [0.29, 0.717) is 4.64 Å². The zero-order valence-corrected chi connectivity index (χ0v) is 11.5. The molecule has 19 heavy (non-hydrogen) atoms. The van der Waals surface area contributed by atoms with Crippen molar-refractivity contribution in [2.45, 2.75) is 6.92 Å². The fourth-order valence-electron chi connectivity index (χ4n) is 2.12. The van der Waals surface area contributed by atoms with E-state index in [4.69, 9.17) is 17.0 Å². The van der Waals surface area contributed by atoms with E-state index < -0.39 is 0 Å². The molecule has 0 saturated heterocycles. The summed E-state index contributed by atoms with van der Waals surface area (Å²) in [7, 11) is 1.66. The lowest BCUT2D eigenvalue weighted by molar-refractivity contribution is 0.416. The van der Waals surface area contributed by atoms with E-state index in [1.54, 1.807) is 11.6 Å². The van der Waals surface area contributed by atoms with Crippen molar-refractivity contribution in [1.29, 1.82) is 0 Å². The molecule has 0 spiro atoms. The number of fused-ring (bicyclic) bond motifs is 1. The highest BCUT2D eigenvalue weighted by Gasteiger charge is 2.09. The number of methoxy groups -OCH3 is 1. The van der Waals surface area contributed by atoms with Gasteiger partial charge in [-0.05, 0) is 25.1 Å². The number of para-hydroxylation sites is 1. The van der Waals surface area contributed by atoms with Crippen LogP contribution < -0.4 is 4.74 Å². The molecule has 5 heteroatoms. The van der Waals surface area contributed by atoms with Crippen LogP contribution in [-0.2, 0) is 0 Å². The minimum atomic E-state index is 0.712. The molecule has 0 amide bonds. The van der Waals surface area contributed by atoms with Gasteiger partial charge in [-0.1, -0.05) is 24.4 Å². The maximum absolute atomic E-state index is 5.37. The third-order valence-electron chi connectivity index (χ3n) is 2.98. The predicted molar refractivity (Wildman–Crippen MR) is 77.1 cm³/mol. The Balaban J connectivity index is 2.26. The molecule has 4 nitrogen and oxygen atoms in total. The van der Waals surface area contributed by atoms with Gasteiger partial charge in [-0.2, -0.15) is 0 Å². The first-order chi connectivity index (χ1) is 9.19. The molecule has 1 aromatic carbocycles. The standard InChI is InChI=1S/C14H13N3OS/c1-9-7-14(19)17-13(15-9)8-11(16-17)10-5-3-4-6-12(10)18-2/h3-8,16H,1-2H3. The second kappa shape index (κ2) is 4.51. The summed E-state index contributed by atoms with van der Waals surface area (Å²) in [6, 6.07) is 11.7. The van der Waals surface area contributed by atoms with Crippen LogP contribution >= 0.6 is 12.2 Å². The van der Waals surface area contributed by atoms with E-state index in [0.717, 1.165) is 28.3 Å². The molecule has 3 rings (SSSR count). The van der Waals surface area contributed by atoms with Gasteiger partial charge in [-0.25, -0.2) is 9.50 Å². The van der Waals surface area contributed by atoms with Gasteiger partial charge >= 0.3 is 0 Å². The van der Waals surface area contributed by atoms with Crippen LogP contribution in [0.1, 0.15) is 5.69 Å². The first-order valence-corrected chi connectivity index (χ1v) is 6.32. The quantitative estimate of drug-likeness (QED) is 0.727. The molecule has 0 atom stereocenters. The number of aromatic amines is 1. The van der Waals surface area contributed by atoms with Crippen LogP contribution in [0.4, 0.5) is 0 Å². The SMILES string of the molecule is COc1ccccc1-c1cc2nc(C)cc(=S)n2[nH]1. The highest BCUT2D eigenvalue weighted by molar-refractivity contribution is 7.71. The number of aryl methyl sites for hydroxylation is 1. The lowest BCUT2D eigenvalue weighted by atomic mass is 10.1. The Morgan fingerprint density at radius 2 is 2.05 bits per heavy atom. The van der Waals surface area contributed by atoms with Crippen molar-refractivity contribution in [2.24, 2.45) is 0 Å². The molecule has 0 aliphatic carbocycles. The first-order valence-electron chi connectivity index (χ1n) is 5.92. The number of rotatable bonds is 2. The van der Waals surface area contributed by atoms with E-state index in [1.165, 1.54) is 0 Å². The third kappa shape index (κ3) is 2.02. The van der Waals surface area contributed by atoms with E-state index in [-0.39, 0.29) is 0 Å². The number of H-pyrrole nitrogens is 1. The van der Waals surface area contributed by atoms with E-state index in [9.17, 15) is 0 Å². The number of aromatic nitrogens is 3. The smallest absolute Gasteiger partial charge is 0.155 e. The van der Waals surface area contributed by atoms with E-state index in [1.807, 2.05) is 43.3 Å². The Morgan fingerprint density at radius 3 is 2.84 bits per heavy atom. The molecule has 0 aliphatic heterocycles. The summed E-state index contributed by atoms with van der Waals surface area (Å²) in [5.74, 6) is 0.817. The Kier molecular flexibility index (Phi) is 2.83. The average Bonchev–Trinajstić information content (AvgIpc) is 2.82. The van der Waals surface area contributed by atoms with Gasteiger partial charge < -0.3 is 4.74 Å². The van der Waals surface area contributed by atoms with E-state index in [2.05, 4.69) is 10.1 Å². The Bertz CT molecular complexity index is 804. The van der Waals surface area contributed by atoms with Crippen molar-refractivity contribution in [2.75, 3.05) is 7.11 Å². The summed E-state index contributed by atoms with van der Waals surface area (Å²) in [5.41, 5.74) is 3.64. The molecular formula is C14H13N3OS. The fraction of sp³-hybridized carbons (Fsp3) is 0.143. The predicted octanol–water partition coefficient (Wildman–Crippen LogP) is 3.38. The molecule has 0 bridgehead atoms. The first kappa shape index (κ1) is 11.9. The highest BCUT2D eigenvalue weighted by Crippen LogP contribution is 2.28. The monoisotopic (exact) mass is 271 g/mol. The van der Waals surface area contributed by atoms with Gasteiger partial charge in [0.2, 0.25) is 0 Å². The van der Waals surface area contributed by atoms with Crippen LogP contribution in [0.2, 0.25) is 0 Å². The Morgan fingerprint density at radius 1 is 1.26 bits per heavy atom. The van der Waals surface area contributed by atoms with Crippen LogP contribution in [0.3, 0.4) is 0 Å². The normalized spacial score (nSPS) is 10.8. The second-order valence-corrected chi connectivity index (χ2v) is 4.72. The maximum Gasteiger partial charge on any atom is 0.155 e. The van der Waals surface area contributed by atoms with Crippen LogP contribution in [0.15, 0.2) is 36.4 Å². The number of hydrogen-bond donors (Lipinski definition) is 1. The number of nitrogens with one attached hydrogen (secondary N) is 1. The molecular weight excluding hydrogens is 258 g/mol. The number of ether oxygens (including phenoxy) is 1. The van der Waals surface area contributed by atoms with Gasteiger partial charge in [-0.15, -0.1) is 0 Å². The maximum atomic E-state index is 5.37. The molecule has 2 heterocycles. The summed E-state index contributed by atoms with van der Waals surface area (Å²) in [6.07, 6.45) is 0. The molecule has 0 unspecified atom stereocenters. The molecule has 0 radical (unpaired) electrons. The minimum absolute atomic E-state index is 0.712. The molecule has 2 aromatic heterocycles.